The molecule has 0 amide bonds. The van der Waals surface area contributed by atoms with Gasteiger partial charge in [0.1, 0.15) is 0 Å². The molecule has 0 unspecified atom stereocenters. The van der Waals surface area contributed by atoms with Crippen LogP contribution < -0.4 is 11.1 Å². The highest BCUT2D eigenvalue weighted by molar-refractivity contribution is 7.14. The Labute approximate surface area is 125 Å². The molecule has 0 saturated carbocycles. The van der Waals surface area contributed by atoms with Crippen molar-refractivity contribution in [3.63, 3.8) is 0 Å². The van der Waals surface area contributed by atoms with Crippen molar-refractivity contribution in [3.8, 4) is 21.1 Å². The van der Waals surface area contributed by atoms with Gasteiger partial charge < -0.3 is 4.98 Å². The Morgan fingerprint density at radius 1 is 0.762 bits per heavy atom. The molecule has 0 aliphatic carbocycles. The second-order valence-electron chi connectivity index (χ2n) is 4.49. The van der Waals surface area contributed by atoms with Crippen LogP contribution in [0.4, 0.5) is 0 Å². The van der Waals surface area contributed by atoms with Crippen molar-refractivity contribution in [2.24, 2.45) is 0 Å². The van der Waals surface area contributed by atoms with E-state index in [9.17, 15) is 9.59 Å². The lowest BCUT2D eigenvalue weighted by molar-refractivity contribution is 0.978. The molecule has 0 aliphatic heterocycles. The van der Waals surface area contributed by atoms with Crippen LogP contribution in [0, 0.1) is 0 Å². The minimum Gasteiger partial charge on any atom is -0.352 e. The predicted octanol–water partition coefficient (Wildman–Crippen LogP) is 3.00. The lowest BCUT2D eigenvalue weighted by atomic mass is 10.2. The van der Waals surface area contributed by atoms with Gasteiger partial charge in [-0.05, 0) is 22.9 Å². The van der Waals surface area contributed by atoms with Crippen molar-refractivity contribution >= 4 is 33.4 Å². The van der Waals surface area contributed by atoms with Gasteiger partial charge in [0.15, 0.2) is 0 Å². The molecule has 0 aliphatic rings. The van der Waals surface area contributed by atoms with Crippen LogP contribution >= 0.6 is 22.7 Å². The van der Waals surface area contributed by atoms with Gasteiger partial charge in [-0.15, -0.1) is 22.7 Å². The van der Waals surface area contributed by atoms with Gasteiger partial charge in [0.2, 0.25) is 0 Å². The van der Waals surface area contributed by atoms with Gasteiger partial charge in [0.25, 0.3) is 11.1 Å². The molecule has 3 N–H and O–H groups in total. The van der Waals surface area contributed by atoms with Crippen LogP contribution in [0.5, 0.6) is 0 Å². The van der Waals surface area contributed by atoms with Crippen LogP contribution in [0.2, 0.25) is 0 Å². The zero-order chi connectivity index (χ0) is 14.4. The molecule has 4 heterocycles. The van der Waals surface area contributed by atoms with Gasteiger partial charge in [-0.3, -0.25) is 19.8 Å². The Morgan fingerprint density at radius 3 is 1.62 bits per heavy atom. The molecular formula is C14H9N3O2S2. The van der Waals surface area contributed by atoms with E-state index in [-0.39, 0.29) is 11.1 Å². The summed E-state index contributed by atoms with van der Waals surface area (Å²) in [4.78, 5) is 29.5. The molecule has 0 radical (unpaired) electrons. The van der Waals surface area contributed by atoms with Gasteiger partial charge in [0.05, 0.1) is 31.9 Å². The number of aromatic amines is 3. The smallest absolute Gasteiger partial charge is 0.272 e. The van der Waals surface area contributed by atoms with Crippen LogP contribution in [-0.4, -0.2) is 15.2 Å². The first-order valence-electron chi connectivity index (χ1n) is 6.20. The van der Waals surface area contributed by atoms with E-state index < -0.39 is 0 Å². The average molecular weight is 315 g/mol. The van der Waals surface area contributed by atoms with Crippen LogP contribution in [0.3, 0.4) is 0 Å². The molecule has 104 valence electrons. The van der Waals surface area contributed by atoms with Crippen LogP contribution in [0.15, 0.2) is 44.6 Å². The van der Waals surface area contributed by atoms with Crippen molar-refractivity contribution in [1.29, 1.82) is 0 Å². The minimum atomic E-state index is -0.299. The maximum Gasteiger partial charge on any atom is 0.272 e. The van der Waals surface area contributed by atoms with Gasteiger partial charge >= 0.3 is 0 Å². The first kappa shape index (κ1) is 12.4. The summed E-state index contributed by atoms with van der Waals surface area (Å²) in [7, 11) is 0. The number of nitrogens with one attached hydrogen (secondary N) is 3. The topological polar surface area (TPSA) is 81.5 Å². The zero-order valence-corrected chi connectivity index (χ0v) is 12.2. The summed E-state index contributed by atoms with van der Waals surface area (Å²) < 4.78 is 0. The predicted molar refractivity (Wildman–Crippen MR) is 86.2 cm³/mol. The fraction of sp³-hybridized carbons (Fsp3) is 0. The number of H-pyrrole nitrogens is 3. The molecule has 0 atom stereocenters. The standard InChI is InChI=1S/C14H9N3O2S2/c18-13-9-10(14(19)17-16-13)12(8-4-2-6-21-8)15-11(9)7-3-1-5-20-7/h1-6,15H,(H,16,18)(H,17,19). The minimum absolute atomic E-state index is 0.299. The molecule has 4 rings (SSSR count). The van der Waals surface area contributed by atoms with Crippen LogP contribution in [0.25, 0.3) is 31.9 Å². The third kappa shape index (κ3) is 1.82. The van der Waals surface area contributed by atoms with Crippen molar-refractivity contribution in [2.75, 3.05) is 0 Å². The number of thiophene rings is 2. The molecule has 0 saturated heterocycles. The maximum atomic E-state index is 12.2. The third-order valence-electron chi connectivity index (χ3n) is 3.28. The second-order valence-corrected chi connectivity index (χ2v) is 6.38. The lowest BCUT2D eigenvalue weighted by Gasteiger charge is -1.93. The fourth-order valence-electron chi connectivity index (χ4n) is 2.40. The molecule has 7 heteroatoms. The SMILES string of the molecule is O=c1[nH][nH]c(=O)c2c(-c3cccs3)[nH]c(-c3cccs3)c12. The molecule has 5 nitrogen and oxygen atoms in total. The van der Waals surface area contributed by atoms with Gasteiger partial charge in [-0.2, -0.15) is 0 Å². The first-order valence-corrected chi connectivity index (χ1v) is 7.96. The van der Waals surface area contributed by atoms with Crippen LogP contribution in [0.1, 0.15) is 0 Å². The summed E-state index contributed by atoms with van der Waals surface area (Å²) in [5.41, 5.74) is 0.783. The van der Waals surface area contributed by atoms with E-state index in [2.05, 4.69) is 15.2 Å². The van der Waals surface area contributed by atoms with Gasteiger partial charge in [-0.25, -0.2) is 0 Å². The molecule has 4 aromatic heterocycles. The zero-order valence-electron chi connectivity index (χ0n) is 10.6. The summed E-state index contributed by atoms with van der Waals surface area (Å²) in [6.45, 7) is 0. The summed E-state index contributed by atoms with van der Waals surface area (Å²) in [6, 6.07) is 7.68. The van der Waals surface area contributed by atoms with E-state index in [0.29, 0.717) is 22.2 Å². The lowest BCUT2D eigenvalue weighted by Crippen LogP contribution is -2.18. The number of fused-ring (bicyclic) bond motifs is 1. The quantitative estimate of drug-likeness (QED) is 0.531. The van der Waals surface area contributed by atoms with E-state index in [1.807, 2.05) is 35.0 Å². The Morgan fingerprint density at radius 2 is 1.24 bits per heavy atom. The Balaban J connectivity index is 2.20. The van der Waals surface area contributed by atoms with Crippen molar-refractivity contribution < 1.29 is 0 Å². The average Bonchev–Trinajstić information content (AvgIpc) is 3.21. The Kier molecular flexibility index (Phi) is 2.69. The molecule has 4 aromatic rings. The largest absolute Gasteiger partial charge is 0.352 e. The highest BCUT2D eigenvalue weighted by Crippen LogP contribution is 2.35. The van der Waals surface area contributed by atoms with E-state index in [1.54, 1.807) is 0 Å². The molecule has 0 spiro atoms. The van der Waals surface area contributed by atoms with Crippen molar-refractivity contribution in [1.82, 2.24) is 15.2 Å². The fourth-order valence-corrected chi connectivity index (χ4v) is 3.87. The molecule has 0 fully saturated rings. The number of rotatable bonds is 2. The number of hydrogen-bond donors (Lipinski definition) is 3. The third-order valence-corrected chi connectivity index (χ3v) is 5.05. The van der Waals surface area contributed by atoms with E-state index in [4.69, 9.17) is 0 Å². The van der Waals surface area contributed by atoms with E-state index in [0.717, 1.165) is 9.75 Å². The van der Waals surface area contributed by atoms with Crippen molar-refractivity contribution in [3.05, 3.63) is 55.7 Å². The van der Waals surface area contributed by atoms with Gasteiger partial charge in [0, 0.05) is 0 Å². The number of aromatic nitrogens is 3. The van der Waals surface area contributed by atoms with Crippen molar-refractivity contribution in [2.45, 2.75) is 0 Å². The molecular weight excluding hydrogens is 306 g/mol. The summed E-state index contributed by atoms with van der Waals surface area (Å²) >= 11 is 3.05. The van der Waals surface area contributed by atoms with Gasteiger partial charge in [-0.1, -0.05) is 12.1 Å². The first-order chi connectivity index (χ1) is 10.3. The summed E-state index contributed by atoms with van der Waals surface area (Å²) in [6.07, 6.45) is 0. The molecule has 0 bridgehead atoms. The Bertz CT molecular complexity index is 938. The monoisotopic (exact) mass is 315 g/mol. The highest BCUT2D eigenvalue weighted by atomic mass is 32.1. The van der Waals surface area contributed by atoms with E-state index >= 15 is 0 Å². The maximum absolute atomic E-state index is 12.2. The summed E-state index contributed by atoms with van der Waals surface area (Å²) in [5.74, 6) is 0. The summed E-state index contributed by atoms with van der Waals surface area (Å²) in [5, 5.41) is 9.49. The van der Waals surface area contributed by atoms with Crippen LogP contribution in [-0.2, 0) is 0 Å². The second kappa shape index (κ2) is 4.57. The Hall–Kier alpha value is -2.38. The van der Waals surface area contributed by atoms with E-state index in [1.165, 1.54) is 22.7 Å². The molecule has 0 aromatic carbocycles. The highest BCUT2D eigenvalue weighted by Gasteiger charge is 2.19. The normalized spacial score (nSPS) is 11.2. The molecule has 21 heavy (non-hydrogen) atoms. The number of hydrogen-bond acceptors (Lipinski definition) is 4.